The van der Waals surface area contributed by atoms with Crippen molar-refractivity contribution < 1.29 is 9.84 Å². The fraction of sp³-hybridized carbons (Fsp3) is 1.00. The summed E-state index contributed by atoms with van der Waals surface area (Å²) in [6.07, 6.45) is -0.0788. The molecule has 1 aliphatic rings. The van der Waals surface area contributed by atoms with Crippen LogP contribution in [0.3, 0.4) is 0 Å². The van der Waals surface area contributed by atoms with Crippen LogP contribution >= 0.6 is 0 Å². The molecule has 0 saturated heterocycles. The highest BCUT2D eigenvalue weighted by Gasteiger charge is 2.61. The van der Waals surface area contributed by atoms with Crippen LogP contribution in [0.1, 0.15) is 27.7 Å². The molecule has 0 aromatic rings. The number of ether oxygens (including phenoxy) is 1. The smallest absolute Gasteiger partial charge is 0.0722 e. The van der Waals surface area contributed by atoms with Gasteiger partial charge in [-0.1, -0.05) is 27.7 Å². The third-order valence-corrected chi connectivity index (χ3v) is 3.00. The first-order valence-corrected chi connectivity index (χ1v) is 4.06. The Morgan fingerprint density at radius 1 is 1.09 bits per heavy atom. The van der Waals surface area contributed by atoms with Gasteiger partial charge < -0.3 is 9.84 Å². The molecule has 0 spiro atoms. The average molecular weight is 158 g/mol. The van der Waals surface area contributed by atoms with Crippen molar-refractivity contribution >= 4 is 0 Å². The van der Waals surface area contributed by atoms with Crippen LogP contribution in [0, 0.1) is 10.8 Å². The van der Waals surface area contributed by atoms with Gasteiger partial charge in [0.2, 0.25) is 0 Å². The van der Waals surface area contributed by atoms with Crippen LogP contribution in [0.25, 0.3) is 0 Å². The van der Waals surface area contributed by atoms with E-state index < -0.39 is 0 Å². The van der Waals surface area contributed by atoms with Crippen LogP contribution in [0.4, 0.5) is 0 Å². The molecule has 0 aliphatic heterocycles. The Morgan fingerprint density at radius 3 is 1.64 bits per heavy atom. The molecule has 1 fully saturated rings. The lowest BCUT2D eigenvalue weighted by Crippen LogP contribution is -2.67. The zero-order chi connectivity index (χ0) is 8.86. The number of hydrogen-bond acceptors (Lipinski definition) is 2. The van der Waals surface area contributed by atoms with Gasteiger partial charge in [-0.15, -0.1) is 0 Å². The van der Waals surface area contributed by atoms with E-state index in [1.807, 2.05) is 27.7 Å². The van der Waals surface area contributed by atoms with E-state index in [1.165, 1.54) is 0 Å². The van der Waals surface area contributed by atoms with Gasteiger partial charge in [-0.05, 0) is 0 Å². The number of aliphatic hydroxyl groups is 1. The highest BCUT2D eigenvalue weighted by Crippen LogP contribution is 2.55. The summed E-state index contributed by atoms with van der Waals surface area (Å²) < 4.78 is 5.33. The predicted molar refractivity (Wildman–Crippen MR) is 44.4 cm³/mol. The fourth-order valence-electron chi connectivity index (χ4n) is 2.72. The second kappa shape index (κ2) is 2.20. The van der Waals surface area contributed by atoms with Crippen molar-refractivity contribution in [3.05, 3.63) is 0 Å². The van der Waals surface area contributed by atoms with Gasteiger partial charge in [-0.25, -0.2) is 0 Å². The Hall–Kier alpha value is -0.0800. The van der Waals surface area contributed by atoms with E-state index in [9.17, 15) is 5.11 Å². The SMILES string of the molecule is COC1C(C)(C)C(O)C1(C)C. The number of aliphatic hydroxyl groups excluding tert-OH is 1. The minimum absolute atomic E-state index is 0.0851. The molecule has 66 valence electrons. The Balaban J connectivity index is 2.79. The maximum absolute atomic E-state index is 9.72. The van der Waals surface area contributed by atoms with Crippen molar-refractivity contribution in [1.29, 1.82) is 0 Å². The Kier molecular flexibility index (Phi) is 1.81. The summed E-state index contributed by atoms with van der Waals surface area (Å²) in [5.41, 5.74) is -0.170. The largest absolute Gasteiger partial charge is 0.392 e. The summed E-state index contributed by atoms with van der Waals surface area (Å²) in [6.45, 7) is 8.16. The molecule has 2 nitrogen and oxygen atoms in total. The maximum Gasteiger partial charge on any atom is 0.0722 e. The molecule has 2 heteroatoms. The minimum atomic E-state index is -0.250. The number of rotatable bonds is 1. The van der Waals surface area contributed by atoms with E-state index in [2.05, 4.69) is 0 Å². The molecule has 0 atom stereocenters. The molecular formula is C9H18O2. The molecule has 1 N–H and O–H groups in total. The van der Waals surface area contributed by atoms with Crippen LogP contribution in [0.5, 0.6) is 0 Å². The fourth-order valence-corrected chi connectivity index (χ4v) is 2.72. The summed E-state index contributed by atoms with van der Waals surface area (Å²) in [6, 6.07) is 0. The van der Waals surface area contributed by atoms with Gasteiger partial charge >= 0.3 is 0 Å². The minimum Gasteiger partial charge on any atom is -0.392 e. The quantitative estimate of drug-likeness (QED) is 0.625. The second-order valence-electron chi connectivity index (χ2n) is 4.66. The zero-order valence-corrected chi connectivity index (χ0v) is 8.01. The maximum atomic E-state index is 9.72. The molecule has 0 aromatic heterocycles. The standard InChI is InChI=1S/C9H18O2/c1-8(2)6(10)9(3,4)7(8)11-5/h6-7,10H,1-5H3. The monoisotopic (exact) mass is 158 g/mol. The van der Waals surface area contributed by atoms with E-state index in [0.29, 0.717) is 0 Å². The van der Waals surface area contributed by atoms with Crippen LogP contribution in [-0.2, 0) is 4.74 Å². The lowest BCUT2D eigenvalue weighted by molar-refractivity contribution is -0.257. The van der Waals surface area contributed by atoms with Crippen molar-refractivity contribution in [2.45, 2.75) is 39.9 Å². The van der Waals surface area contributed by atoms with Gasteiger partial charge in [0.25, 0.3) is 0 Å². The topological polar surface area (TPSA) is 29.5 Å². The molecule has 0 amide bonds. The molecule has 11 heavy (non-hydrogen) atoms. The van der Waals surface area contributed by atoms with Crippen molar-refractivity contribution in [1.82, 2.24) is 0 Å². The number of methoxy groups -OCH3 is 1. The summed E-state index contributed by atoms with van der Waals surface area (Å²) in [5, 5.41) is 9.72. The molecule has 0 aromatic carbocycles. The van der Waals surface area contributed by atoms with Gasteiger partial charge in [0.15, 0.2) is 0 Å². The van der Waals surface area contributed by atoms with Crippen molar-refractivity contribution in [3.8, 4) is 0 Å². The van der Waals surface area contributed by atoms with Crippen molar-refractivity contribution in [2.75, 3.05) is 7.11 Å². The van der Waals surface area contributed by atoms with Gasteiger partial charge in [0.05, 0.1) is 12.2 Å². The van der Waals surface area contributed by atoms with Crippen LogP contribution < -0.4 is 0 Å². The van der Waals surface area contributed by atoms with Gasteiger partial charge in [0.1, 0.15) is 0 Å². The van der Waals surface area contributed by atoms with E-state index >= 15 is 0 Å². The number of hydrogen-bond donors (Lipinski definition) is 1. The van der Waals surface area contributed by atoms with Crippen molar-refractivity contribution in [2.24, 2.45) is 10.8 Å². The van der Waals surface area contributed by atoms with E-state index in [4.69, 9.17) is 4.74 Å². The lowest BCUT2D eigenvalue weighted by Gasteiger charge is -2.60. The van der Waals surface area contributed by atoms with E-state index in [-0.39, 0.29) is 23.0 Å². The van der Waals surface area contributed by atoms with Crippen molar-refractivity contribution in [3.63, 3.8) is 0 Å². The average Bonchev–Trinajstić information content (AvgIpc) is 1.86. The zero-order valence-electron chi connectivity index (χ0n) is 8.01. The van der Waals surface area contributed by atoms with E-state index in [0.717, 1.165) is 0 Å². The third-order valence-electron chi connectivity index (χ3n) is 3.00. The van der Waals surface area contributed by atoms with Crippen LogP contribution in [0.2, 0.25) is 0 Å². The second-order valence-corrected chi connectivity index (χ2v) is 4.66. The third kappa shape index (κ3) is 0.926. The highest BCUT2D eigenvalue weighted by molar-refractivity contribution is 5.10. The first-order chi connectivity index (χ1) is 4.85. The molecular weight excluding hydrogens is 140 g/mol. The lowest BCUT2D eigenvalue weighted by atomic mass is 9.51. The van der Waals surface area contributed by atoms with Gasteiger partial charge in [-0.2, -0.15) is 0 Å². The first-order valence-electron chi connectivity index (χ1n) is 4.06. The van der Waals surface area contributed by atoms with E-state index in [1.54, 1.807) is 7.11 Å². The van der Waals surface area contributed by atoms with Crippen LogP contribution in [0.15, 0.2) is 0 Å². The Labute approximate surface area is 68.6 Å². The highest BCUT2D eigenvalue weighted by atomic mass is 16.5. The molecule has 1 saturated carbocycles. The molecule has 0 bridgehead atoms. The summed E-state index contributed by atoms with van der Waals surface area (Å²) in [4.78, 5) is 0. The molecule has 1 aliphatic carbocycles. The van der Waals surface area contributed by atoms with Gasteiger partial charge in [-0.3, -0.25) is 0 Å². The Bertz CT molecular complexity index is 145. The molecule has 0 radical (unpaired) electrons. The molecule has 0 unspecified atom stereocenters. The normalized spacial score (nSPS) is 39.8. The first kappa shape index (κ1) is 9.01. The Morgan fingerprint density at radius 2 is 1.45 bits per heavy atom. The summed E-state index contributed by atoms with van der Waals surface area (Å²) in [7, 11) is 1.71. The molecule has 0 heterocycles. The van der Waals surface area contributed by atoms with Gasteiger partial charge in [0, 0.05) is 17.9 Å². The summed E-state index contributed by atoms with van der Waals surface area (Å²) in [5.74, 6) is 0. The predicted octanol–water partition coefficient (Wildman–Crippen LogP) is 1.43. The summed E-state index contributed by atoms with van der Waals surface area (Å²) >= 11 is 0. The molecule has 1 rings (SSSR count). The van der Waals surface area contributed by atoms with Crippen LogP contribution in [-0.4, -0.2) is 24.4 Å².